The lowest BCUT2D eigenvalue weighted by Gasteiger charge is -2.10. The Bertz CT molecular complexity index is 530. The number of halogens is 1. The molecule has 0 atom stereocenters. The van der Waals surface area contributed by atoms with Gasteiger partial charge in [0.15, 0.2) is 6.29 Å². The van der Waals surface area contributed by atoms with Gasteiger partial charge in [-0.3, -0.25) is 0 Å². The SMILES string of the molecule is Fc1ccccc1-c1ccc(C2OCCO2)cc1. The highest BCUT2D eigenvalue weighted by Gasteiger charge is 2.17. The lowest BCUT2D eigenvalue weighted by atomic mass is 10.0. The number of rotatable bonds is 2. The molecule has 3 rings (SSSR count). The van der Waals surface area contributed by atoms with Crippen molar-refractivity contribution < 1.29 is 13.9 Å². The van der Waals surface area contributed by atoms with E-state index in [2.05, 4.69) is 0 Å². The second-order valence-corrected chi connectivity index (χ2v) is 4.18. The van der Waals surface area contributed by atoms with Crippen LogP contribution in [0.4, 0.5) is 4.39 Å². The fourth-order valence-electron chi connectivity index (χ4n) is 2.07. The molecule has 0 radical (unpaired) electrons. The fraction of sp³-hybridized carbons (Fsp3) is 0.200. The number of ether oxygens (including phenoxy) is 2. The third-order valence-electron chi connectivity index (χ3n) is 2.99. The Morgan fingerprint density at radius 1 is 0.889 bits per heavy atom. The van der Waals surface area contributed by atoms with Crippen LogP contribution in [0.1, 0.15) is 11.9 Å². The molecule has 18 heavy (non-hydrogen) atoms. The van der Waals surface area contributed by atoms with Gasteiger partial charge in [0, 0.05) is 11.1 Å². The molecule has 0 aliphatic carbocycles. The van der Waals surface area contributed by atoms with Crippen molar-refractivity contribution >= 4 is 0 Å². The van der Waals surface area contributed by atoms with Crippen LogP contribution in [0, 0.1) is 5.82 Å². The monoisotopic (exact) mass is 244 g/mol. The van der Waals surface area contributed by atoms with E-state index in [0.29, 0.717) is 18.8 Å². The Morgan fingerprint density at radius 2 is 1.56 bits per heavy atom. The van der Waals surface area contributed by atoms with Crippen LogP contribution in [0.5, 0.6) is 0 Å². The first kappa shape index (κ1) is 11.4. The molecule has 0 saturated carbocycles. The van der Waals surface area contributed by atoms with Gasteiger partial charge in [-0.1, -0.05) is 42.5 Å². The Kier molecular flexibility index (Phi) is 3.09. The van der Waals surface area contributed by atoms with Crippen molar-refractivity contribution in [3.8, 4) is 11.1 Å². The normalized spacial score (nSPS) is 16.1. The second-order valence-electron chi connectivity index (χ2n) is 4.18. The molecule has 3 heteroatoms. The molecule has 2 aromatic rings. The molecule has 0 unspecified atom stereocenters. The summed E-state index contributed by atoms with van der Waals surface area (Å²) in [5.41, 5.74) is 2.43. The molecular formula is C15H13FO2. The van der Waals surface area contributed by atoms with E-state index in [0.717, 1.165) is 11.1 Å². The van der Waals surface area contributed by atoms with Crippen molar-refractivity contribution in [1.29, 1.82) is 0 Å². The van der Waals surface area contributed by atoms with Crippen LogP contribution < -0.4 is 0 Å². The van der Waals surface area contributed by atoms with Crippen LogP contribution in [0.15, 0.2) is 48.5 Å². The number of benzene rings is 2. The summed E-state index contributed by atoms with van der Waals surface area (Å²) in [4.78, 5) is 0. The first-order valence-electron chi connectivity index (χ1n) is 5.93. The summed E-state index contributed by atoms with van der Waals surface area (Å²) in [7, 11) is 0. The van der Waals surface area contributed by atoms with Gasteiger partial charge in [-0.25, -0.2) is 4.39 Å². The Labute approximate surface area is 105 Å². The van der Waals surface area contributed by atoms with E-state index < -0.39 is 0 Å². The molecule has 2 aromatic carbocycles. The molecule has 0 N–H and O–H groups in total. The second kappa shape index (κ2) is 4.88. The molecule has 2 nitrogen and oxygen atoms in total. The minimum atomic E-state index is -0.278. The minimum Gasteiger partial charge on any atom is -0.346 e. The first-order chi connectivity index (χ1) is 8.84. The van der Waals surface area contributed by atoms with Gasteiger partial charge < -0.3 is 9.47 Å². The molecule has 0 spiro atoms. The smallest absolute Gasteiger partial charge is 0.184 e. The van der Waals surface area contributed by atoms with Gasteiger partial charge in [-0.2, -0.15) is 0 Å². The van der Waals surface area contributed by atoms with Gasteiger partial charge in [0.2, 0.25) is 0 Å². The van der Waals surface area contributed by atoms with Gasteiger partial charge >= 0.3 is 0 Å². The van der Waals surface area contributed by atoms with Crippen LogP contribution in [0.2, 0.25) is 0 Å². The van der Waals surface area contributed by atoms with Gasteiger partial charge in [0.25, 0.3) is 0 Å². The molecule has 92 valence electrons. The number of hydrogen-bond acceptors (Lipinski definition) is 2. The average molecular weight is 244 g/mol. The first-order valence-corrected chi connectivity index (χ1v) is 5.93. The quantitative estimate of drug-likeness (QED) is 0.804. The maximum absolute atomic E-state index is 13.6. The van der Waals surface area contributed by atoms with Gasteiger partial charge in [-0.05, 0) is 11.6 Å². The largest absolute Gasteiger partial charge is 0.346 e. The van der Waals surface area contributed by atoms with Crippen molar-refractivity contribution in [3.05, 3.63) is 59.9 Å². The van der Waals surface area contributed by atoms with E-state index in [1.165, 1.54) is 6.07 Å². The minimum absolute atomic E-state index is 0.210. The molecule has 0 aromatic heterocycles. The highest BCUT2D eigenvalue weighted by atomic mass is 19.1. The van der Waals surface area contributed by atoms with Gasteiger partial charge in [-0.15, -0.1) is 0 Å². The number of hydrogen-bond donors (Lipinski definition) is 0. The van der Waals surface area contributed by atoms with Crippen LogP contribution in [-0.2, 0) is 9.47 Å². The molecular weight excluding hydrogens is 231 g/mol. The zero-order chi connectivity index (χ0) is 12.4. The lowest BCUT2D eigenvalue weighted by molar-refractivity contribution is -0.0441. The summed E-state index contributed by atoms with van der Waals surface area (Å²) in [6, 6.07) is 14.4. The van der Waals surface area contributed by atoms with Crippen molar-refractivity contribution in [3.63, 3.8) is 0 Å². The van der Waals surface area contributed by atoms with E-state index in [4.69, 9.17) is 9.47 Å². The van der Waals surface area contributed by atoms with Crippen molar-refractivity contribution in [1.82, 2.24) is 0 Å². The summed E-state index contributed by atoms with van der Waals surface area (Å²) in [5, 5.41) is 0. The standard InChI is InChI=1S/C15H13FO2/c16-14-4-2-1-3-13(14)11-5-7-12(8-6-11)15-17-9-10-18-15/h1-8,15H,9-10H2. The summed E-state index contributed by atoms with van der Waals surface area (Å²) < 4.78 is 24.5. The molecule has 1 aliphatic rings. The van der Waals surface area contributed by atoms with E-state index in [1.54, 1.807) is 12.1 Å². The van der Waals surface area contributed by atoms with Gasteiger partial charge in [0.05, 0.1) is 13.2 Å². The van der Waals surface area contributed by atoms with Crippen LogP contribution in [0.3, 0.4) is 0 Å². The molecule has 1 heterocycles. The molecule has 0 amide bonds. The van der Waals surface area contributed by atoms with E-state index in [1.807, 2.05) is 30.3 Å². The average Bonchev–Trinajstić information content (AvgIpc) is 2.94. The Morgan fingerprint density at radius 3 is 2.22 bits per heavy atom. The van der Waals surface area contributed by atoms with E-state index in [9.17, 15) is 4.39 Å². The summed E-state index contributed by atoms with van der Waals surface area (Å²) in [6.07, 6.45) is -0.278. The Balaban J connectivity index is 1.89. The lowest BCUT2D eigenvalue weighted by Crippen LogP contribution is -1.97. The predicted molar refractivity (Wildman–Crippen MR) is 66.5 cm³/mol. The molecule has 0 bridgehead atoms. The van der Waals surface area contributed by atoms with Crippen LogP contribution in [-0.4, -0.2) is 13.2 Å². The zero-order valence-corrected chi connectivity index (χ0v) is 9.80. The van der Waals surface area contributed by atoms with Gasteiger partial charge in [0.1, 0.15) is 5.82 Å². The fourth-order valence-corrected chi connectivity index (χ4v) is 2.07. The van der Waals surface area contributed by atoms with Crippen molar-refractivity contribution in [2.75, 3.05) is 13.2 Å². The van der Waals surface area contributed by atoms with Crippen molar-refractivity contribution in [2.24, 2.45) is 0 Å². The summed E-state index contributed by atoms with van der Waals surface area (Å²) in [5.74, 6) is -0.210. The van der Waals surface area contributed by atoms with E-state index >= 15 is 0 Å². The zero-order valence-electron chi connectivity index (χ0n) is 9.80. The van der Waals surface area contributed by atoms with Crippen LogP contribution >= 0.6 is 0 Å². The highest BCUT2D eigenvalue weighted by Crippen LogP contribution is 2.27. The maximum atomic E-state index is 13.6. The highest BCUT2D eigenvalue weighted by molar-refractivity contribution is 5.64. The summed E-state index contributed by atoms with van der Waals surface area (Å²) >= 11 is 0. The molecule has 1 saturated heterocycles. The Hall–Kier alpha value is -1.71. The predicted octanol–water partition coefficient (Wildman–Crippen LogP) is 3.54. The topological polar surface area (TPSA) is 18.5 Å². The third-order valence-corrected chi connectivity index (χ3v) is 2.99. The van der Waals surface area contributed by atoms with Crippen molar-refractivity contribution in [2.45, 2.75) is 6.29 Å². The molecule has 1 fully saturated rings. The molecule has 1 aliphatic heterocycles. The maximum Gasteiger partial charge on any atom is 0.184 e. The third kappa shape index (κ3) is 2.15. The van der Waals surface area contributed by atoms with Crippen LogP contribution in [0.25, 0.3) is 11.1 Å². The van der Waals surface area contributed by atoms with E-state index in [-0.39, 0.29) is 12.1 Å². The summed E-state index contributed by atoms with van der Waals surface area (Å²) in [6.45, 7) is 1.25.